The minimum absolute atomic E-state index is 0.141. The summed E-state index contributed by atoms with van der Waals surface area (Å²) < 4.78 is 5.56. The van der Waals surface area contributed by atoms with E-state index >= 15 is 0 Å². The molecule has 0 aromatic heterocycles. The fourth-order valence-electron chi connectivity index (χ4n) is 6.22. The van der Waals surface area contributed by atoms with Crippen molar-refractivity contribution in [3.05, 3.63) is 35.5 Å². The van der Waals surface area contributed by atoms with E-state index in [2.05, 4.69) is 31.2 Å². The summed E-state index contributed by atoms with van der Waals surface area (Å²) in [5, 5.41) is 20.2. The van der Waals surface area contributed by atoms with Gasteiger partial charge in [-0.1, -0.05) is 36.8 Å². The van der Waals surface area contributed by atoms with E-state index in [1.54, 1.807) is 7.11 Å². The Labute approximate surface area is 149 Å². The van der Waals surface area contributed by atoms with Crippen molar-refractivity contribution in [1.82, 2.24) is 0 Å². The van der Waals surface area contributed by atoms with Gasteiger partial charge in [0.25, 0.3) is 0 Å². The van der Waals surface area contributed by atoms with Gasteiger partial charge in [-0.05, 0) is 49.0 Å². The van der Waals surface area contributed by atoms with Crippen LogP contribution in [0.4, 0.5) is 0 Å². The summed E-state index contributed by atoms with van der Waals surface area (Å²) >= 11 is 0. The van der Waals surface area contributed by atoms with Gasteiger partial charge >= 0.3 is 5.97 Å². The third-order valence-electron chi connectivity index (χ3n) is 7.60. The third-order valence-corrected chi connectivity index (χ3v) is 7.60. The second kappa shape index (κ2) is 5.82. The average Bonchev–Trinajstić information content (AvgIpc) is 2.86. The molecule has 4 aliphatic carbocycles. The van der Waals surface area contributed by atoms with Crippen LogP contribution in [-0.2, 0) is 9.53 Å². The molecule has 0 aromatic carbocycles. The molecule has 0 unspecified atom stereocenters. The highest BCUT2D eigenvalue weighted by molar-refractivity contribution is 5.71. The molecule has 25 heavy (non-hydrogen) atoms. The standard InChI is InChI=1S/C21H28O4/c1-20-10-8-16-15-5-3-4-13(12-19(22)23)14(15)6-7-17(16)18(20)9-11-21(20,24)25-2/h3,5-7,15-18,24H,4,8-12H2,1-2H3,(H,22,23)/t15-,16+,17+,18-,20-,21+/m0/s1. The zero-order valence-electron chi connectivity index (χ0n) is 15.1. The lowest BCUT2D eigenvalue weighted by Crippen LogP contribution is -2.52. The largest absolute Gasteiger partial charge is 0.481 e. The van der Waals surface area contributed by atoms with Crippen molar-refractivity contribution in [1.29, 1.82) is 0 Å². The van der Waals surface area contributed by atoms with Gasteiger partial charge in [0.1, 0.15) is 0 Å². The number of hydrogen-bond acceptors (Lipinski definition) is 3. The molecule has 4 nitrogen and oxygen atoms in total. The van der Waals surface area contributed by atoms with Gasteiger partial charge in [0.2, 0.25) is 0 Å². The molecule has 2 N–H and O–H groups in total. The zero-order chi connectivity index (χ0) is 17.8. The Morgan fingerprint density at radius 3 is 2.84 bits per heavy atom. The van der Waals surface area contributed by atoms with Crippen molar-refractivity contribution in [3.8, 4) is 0 Å². The number of methoxy groups -OCH3 is 1. The average molecular weight is 344 g/mol. The first-order valence-electron chi connectivity index (χ1n) is 9.46. The molecule has 0 bridgehead atoms. The molecular weight excluding hydrogens is 316 g/mol. The van der Waals surface area contributed by atoms with Crippen LogP contribution in [0.5, 0.6) is 0 Å². The maximum Gasteiger partial charge on any atom is 0.307 e. The Balaban J connectivity index is 1.69. The lowest BCUT2D eigenvalue weighted by atomic mass is 9.54. The van der Waals surface area contributed by atoms with Crippen LogP contribution >= 0.6 is 0 Å². The van der Waals surface area contributed by atoms with Gasteiger partial charge in [0.15, 0.2) is 5.79 Å². The normalized spacial score (nSPS) is 45.1. The van der Waals surface area contributed by atoms with Crippen LogP contribution in [0.1, 0.15) is 45.4 Å². The van der Waals surface area contributed by atoms with Crippen molar-refractivity contribution in [3.63, 3.8) is 0 Å². The monoisotopic (exact) mass is 344 g/mol. The van der Waals surface area contributed by atoms with E-state index in [-0.39, 0.29) is 11.8 Å². The van der Waals surface area contributed by atoms with Gasteiger partial charge in [-0.25, -0.2) is 0 Å². The van der Waals surface area contributed by atoms with Gasteiger partial charge in [-0.2, -0.15) is 0 Å². The molecule has 4 heteroatoms. The SMILES string of the molecule is CO[C@]1(O)CC[C@H]2[C@@H]3C=CC4=C(CC(=O)O)CC=C[C@@H]4[C@H]3CC[C@@]21C. The van der Waals surface area contributed by atoms with Crippen LogP contribution in [0.25, 0.3) is 0 Å². The van der Waals surface area contributed by atoms with E-state index in [1.807, 2.05) is 0 Å². The molecule has 2 fully saturated rings. The van der Waals surface area contributed by atoms with Gasteiger partial charge in [-0.3, -0.25) is 4.79 Å². The number of carboxylic acids is 1. The molecule has 4 aliphatic rings. The summed E-state index contributed by atoms with van der Waals surface area (Å²) in [6.07, 6.45) is 13.5. The molecule has 4 rings (SSSR count). The predicted octanol–water partition coefficient (Wildman–Crippen LogP) is 3.68. The van der Waals surface area contributed by atoms with E-state index in [1.165, 1.54) is 5.57 Å². The lowest BCUT2D eigenvalue weighted by molar-refractivity contribution is -0.259. The van der Waals surface area contributed by atoms with Crippen LogP contribution in [0.3, 0.4) is 0 Å². The molecular formula is C21H28O4. The number of aliphatic carboxylic acids is 1. The first kappa shape index (κ1) is 17.0. The lowest BCUT2D eigenvalue weighted by Gasteiger charge is -2.53. The molecule has 0 radical (unpaired) electrons. The van der Waals surface area contributed by atoms with Crippen molar-refractivity contribution in [2.24, 2.45) is 29.1 Å². The number of hydrogen-bond donors (Lipinski definition) is 2. The van der Waals surface area contributed by atoms with Crippen LogP contribution in [0, 0.1) is 29.1 Å². The number of carbonyl (C=O) groups is 1. The molecule has 0 saturated heterocycles. The smallest absolute Gasteiger partial charge is 0.307 e. The summed E-state index contributed by atoms with van der Waals surface area (Å²) in [4.78, 5) is 11.2. The Hall–Kier alpha value is -1.39. The number of allylic oxidation sites excluding steroid dienone is 5. The second-order valence-corrected chi connectivity index (χ2v) is 8.48. The fraction of sp³-hybridized carbons (Fsp3) is 0.667. The van der Waals surface area contributed by atoms with Crippen molar-refractivity contribution in [2.75, 3.05) is 7.11 Å². The van der Waals surface area contributed by atoms with Crippen molar-refractivity contribution < 1.29 is 19.7 Å². The Morgan fingerprint density at radius 2 is 2.12 bits per heavy atom. The van der Waals surface area contributed by atoms with Gasteiger partial charge in [0.05, 0.1) is 6.42 Å². The number of fused-ring (bicyclic) bond motifs is 5. The highest BCUT2D eigenvalue weighted by Gasteiger charge is 2.62. The number of carboxylic acid groups (broad SMARTS) is 1. The van der Waals surface area contributed by atoms with E-state index in [4.69, 9.17) is 4.74 Å². The quantitative estimate of drug-likeness (QED) is 0.605. The minimum atomic E-state index is -1.01. The maximum absolute atomic E-state index is 11.2. The fourth-order valence-corrected chi connectivity index (χ4v) is 6.22. The second-order valence-electron chi connectivity index (χ2n) is 8.48. The van der Waals surface area contributed by atoms with Crippen LogP contribution in [0.15, 0.2) is 35.5 Å². The highest BCUT2D eigenvalue weighted by atomic mass is 16.6. The zero-order valence-corrected chi connectivity index (χ0v) is 15.1. The van der Waals surface area contributed by atoms with E-state index in [0.29, 0.717) is 30.1 Å². The Morgan fingerprint density at radius 1 is 1.32 bits per heavy atom. The van der Waals surface area contributed by atoms with Gasteiger partial charge in [0, 0.05) is 24.9 Å². The summed E-state index contributed by atoms with van der Waals surface area (Å²) in [6.45, 7) is 2.19. The topological polar surface area (TPSA) is 66.8 Å². The van der Waals surface area contributed by atoms with Crippen LogP contribution < -0.4 is 0 Å². The first-order chi connectivity index (χ1) is 11.9. The first-order valence-corrected chi connectivity index (χ1v) is 9.46. The molecule has 2 saturated carbocycles. The molecule has 136 valence electrons. The van der Waals surface area contributed by atoms with Crippen molar-refractivity contribution in [2.45, 2.75) is 51.2 Å². The minimum Gasteiger partial charge on any atom is -0.481 e. The van der Waals surface area contributed by atoms with E-state index in [0.717, 1.165) is 31.3 Å². The molecule has 0 heterocycles. The highest BCUT2D eigenvalue weighted by Crippen LogP contribution is 2.63. The van der Waals surface area contributed by atoms with E-state index < -0.39 is 11.8 Å². The summed E-state index contributed by atoms with van der Waals surface area (Å²) in [7, 11) is 1.62. The Kier molecular flexibility index (Phi) is 3.97. The van der Waals surface area contributed by atoms with Crippen LogP contribution in [0.2, 0.25) is 0 Å². The van der Waals surface area contributed by atoms with Gasteiger partial charge in [-0.15, -0.1) is 0 Å². The molecule has 0 aromatic rings. The summed E-state index contributed by atoms with van der Waals surface area (Å²) in [5.74, 6) is -0.0535. The molecule has 0 aliphatic heterocycles. The van der Waals surface area contributed by atoms with Crippen molar-refractivity contribution >= 4 is 5.97 Å². The number of ether oxygens (including phenoxy) is 1. The summed E-state index contributed by atoms with van der Waals surface area (Å²) in [6, 6.07) is 0. The van der Waals surface area contributed by atoms with E-state index in [9.17, 15) is 15.0 Å². The summed E-state index contributed by atoms with van der Waals surface area (Å²) in [5.41, 5.74) is 2.09. The molecule has 0 amide bonds. The number of rotatable bonds is 3. The maximum atomic E-state index is 11.2. The number of aliphatic hydroxyl groups is 1. The Bertz CT molecular complexity index is 675. The molecule has 0 spiro atoms. The molecule has 6 atom stereocenters. The third kappa shape index (κ3) is 2.37. The predicted molar refractivity (Wildman–Crippen MR) is 94.7 cm³/mol. The van der Waals surface area contributed by atoms with Gasteiger partial charge < -0.3 is 14.9 Å². The van der Waals surface area contributed by atoms with Crippen LogP contribution in [-0.4, -0.2) is 29.1 Å².